The Hall–Kier alpha value is -1.04. The van der Waals surface area contributed by atoms with Crippen LogP contribution in [0, 0.1) is 0 Å². The van der Waals surface area contributed by atoms with Crippen molar-refractivity contribution in [1.29, 1.82) is 0 Å². The molecule has 5 nitrogen and oxygen atoms in total. The molecule has 0 atom stereocenters. The Labute approximate surface area is 93.7 Å². The molecule has 6 heteroatoms. The van der Waals surface area contributed by atoms with Crippen LogP contribution in [-0.4, -0.2) is 30.0 Å². The van der Waals surface area contributed by atoms with E-state index in [9.17, 15) is 9.59 Å². The minimum Gasteiger partial charge on any atom is -0.448 e. The predicted octanol–water partition coefficient (Wildman–Crippen LogP) is 1.78. The summed E-state index contributed by atoms with van der Waals surface area (Å²) in [4.78, 5) is 25.4. The number of ether oxygens (including phenoxy) is 1. The lowest BCUT2D eigenvalue weighted by molar-refractivity contribution is -0.117. The number of hydrogen-bond donors (Lipinski definition) is 1. The van der Waals surface area contributed by atoms with Crippen molar-refractivity contribution in [2.45, 2.75) is 26.7 Å². The van der Waals surface area contributed by atoms with Gasteiger partial charge in [0.2, 0.25) is 5.91 Å². The summed E-state index contributed by atoms with van der Waals surface area (Å²) >= 11 is 1.18. The number of thioether (sulfide) groups is 1. The van der Waals surface area contributed by atoms with Crippen molar-refractivity contribution in [1.82, 2.24) is 5.32 Å². The second-order valence-electron chi connectivity index (χ2n) is 2.77. The van der Waals surface area contributed by atoms with Crippen LogP contribution in [0.15, 0.2) is 4.99 Å². The topological polar surface area (TPSA) is 67.8 Å². The number of nitrogens with zero attached hydrogens (tertiary/aromatic N) is 1. The second-order valence-corrected chi connectivity index (χ2v) is 3.57. The van der Waals surface area contributed by atoms with Gasteiger partial charge < -0.3 is 10.1 Å². The first-order valence-electron chi connectivity index (χ1n) is 4.67. The summed E-state index contributed by atoms with van der Waals surface area (Å²) in [6, 6.07) is 0. The van der Waals surface area contributed by atoms with Gasteiger partial charge in [-0.15, -0.1) is 0 Å². The van der Waals surface area contributed by atoms with Gasteiger partial charge in [-0.3, -0.25) is 4.79 Å². The van der Waals surface area contributed by atoms with Crippen molar-refractivity contribution in [3.8, 4) is 0 Å². The Bertz CT molecular complexity index is 254. The third-order valence-corrected chi connectivity index (χ3v) is 1.97. The maximum atomic E-state index is 11.1. The van der Waals surface area contributed by atoms with Crippen LogP contribution in [0.3, 0.4) is 0 Å². The van der Waals surface area contributed by atoms with Crippen LogP contribution in [0.2, 0.25) is 0 Å². The van der Waals surface area contributed by atoms with Crippen LogP contribution in [-0.2, 0) is 9.53 Å². The van der Waals surface area contributed by atoms with Crippen LogP contribution < -0.4 is 5.32 Å². The van der Waals surface area contributed by atoms with E-state index in [-0.39, 0.29) is 11.1 Å². The van der Waals surface area contributed by atoms with Crippen molar-refractivity contribution >= 4 is 28.9 Å². The van der Waals surface area contributed by atoms with Gasteiger partial charge in [-0.2, -0.15) is 4.99 Å². The number of carbonyl (C=O) groups is 2. The van der Waals surface area contributed by atoms with Gasteiger partial charge in [0, 0.05) is 6.92 Å². The van der Waals surface area contributed by atoms with Crippen molar-refractivity contribution in [2.75, 3.05) is 12.9 Å². The van der Waals surface area contributed by atoms with E-state index in [1.54, 1.807) is 6.26 Å². The normalized spacial score (nSPS) is 11.0. The molecular weight excluding hydrogens is 216 g/mol. The van der Waals surface area contributed by atoms with Crippen molar-refractivity contribution in [2.24, 2.45) is 4.99 Å². The number of amides is 2. The average molecular weight is 232 g/mol. The zero-order chi connectivity index (χ0) is 11.7. The molecule has 15 heavy (non-hydrogen) atoms. The van der Waals surface area contributed by atoms with Gasteiger partial charge in [0.25, 0.3) is 0 Å². The van der Waals surface area contributed by atoms with Gasteiger partial charge >= 0.3 is 6.09 Å². The molecule has 0 bridgehead atoms. The van der Waals surface area contributed by atoms with Crippen molar-refractivity contribution < 1.29 is 14.3 Å². The molecule has 0 aromatic heterocycles. The summed E-state index contributed by atoms with van der Waals surface area (Å²) in [5.41, 5.74) is 0. The van der Waals surface area contributed by atoms with Crippen LogP contribution in [0.5, 0.6) is 0 Å². The molecule has 0 aliphatic heterocycles. The van der Waals surface area contributed by atoms with Gasteiger partial charge in [0.1, 0.15) is 0 Å². The second kappa shape index (κ2) is 8.28. The monoisotopic (exact) mass is 232 g/mol. The first-order chi connectivity index (χ1) is 7.10. The standard InChI is InChI=1S/C9H16N2O3S/c1-4-5-6-14-9(13)11-8(15-3)10-7(2)12/h4-6H2,1-3H3,(H,10,11,12,13). The minimum atomic E-state index is -0.665. The van der Waals surface area contributed by atoms with E-state index in [0.717, 1.165) is 12.8 Å². The number of hydrogen-bond acceptors (Lipinski definition) is 4. The maximum Gasteiger partial charge on any atom is 0.436 e. The molecule has 0 spiro atoms. The fourth-order valence-electron chi connectivity index (χ4n) is 0.694. The van der Waals surface area contributed by atoms with E-state index < -0.39 is 6.09 Å². The number of aliphatic imine (C=N–C) groups is 1. The van der Waals surface area contributed by atoms with E-state index >= 15 is 0 Å². The highest BCUT2D eigenvalue weighted by molar-refractivity contribution is 8.13. The molecule has 0 fully saturated rings. The smallest absolute Gasteiger partial charge is 0.436 e. The van der Waals surface area contributed by atoms with E-state index in [0.29, 0.717) is 6.61 Å². The predicted molar refractivity (Wildman–Crippen MR) is 61.0 cm³/mol. The van der Waals surface area contributed by atoms with Gasteiger partial charge in [0.05, 0.1) is 6.61 Å². The Morgan fingerprint density at radius 2 is 2.13 bits per heavy atom. The highest BCUT2D eigenvalue weighted by Crippen LogP contribution is 1.98. The Kier molecular flexibility index (Phi) is 7.71. The number of nitrogens with one attached hydrogen (secondary N) is 1. The minimum absolute atomic E-state index is 0.254. The molecule has 86 valence electrons. The molecule has 1 N–H and O–H groups in total. The molecule has 0 aromatic rings. The third kappa shape index (κ3) is 7.99. The first-order valence-corrected chi connectivity index (χ1v) is 5.89. The molecule has 2 amide bonds. The Balaban J connectivity index is 4.05. The zero-order valence-electron chi connectivity index (χ0n) is 9.20. The average Bonchev–Trinajstić information content (AvgIpc) is 2.16. The van der Waals surface area contributed by atoms with Crippen LogP contribution >= 0.6 is 11.8 Å². The number of rotatable bonds is 3. The van der Waals surface area contributed by atoms with Crippen LogP contribution in [0.4, 0.5) is 4.79 Å². The highest BCUT2D eigenvalue weighted by Gasteiger charge is 2.04. The van der Waals surface area contributed by atoms with Crippen molar-refractivity contribution in [3.05, 3.63) is 0 Å². The number of amidine groups is 1. The molecule has 0 aliphatic rings. The number of carbonyl (C=O) groups excluding carboxylic acids is 2. The summed E-state index contributed by atoms with van der Waals surface area (Å²) in [6.07, 6.45) is 2.82. The summed E-state index contributed by atoms with van der Waals surface area (Å²) in [7, 11) is 0. The van der Waals surface area contributed by atoms with E-state index in [1.165, 1.54) is 18.7 Å². The molecule has 0 saturated carbocycles. The lowest BCUT2D eigenvalue weighted by Gasteiger charge is -2.03. The van der Waals surface area contributed by atoms with E-state index in [4.69, 9.17) is 4.74 Å². The number of unbranched alkanes of at least 4 members (excludes halogenated alkanes) is 1. The third-order valence-electron chi connectivity index (χ3n) is 1.39. The zero-order valence-corrected chi connectivity index (χ0v) is 10.0. The quantitative estimate of drug-likeness (QED) is 0.457. The summed E-state index contributed by atoms with van der Waals surface area (Å²) < 4.78 is 4.81. The fourth-order valence-corrected chi connectivity index (χ4v) is 1.11. The fraction of sp³-hybridized carbons (Fsp3) is 0.667. The summed E-state index contributed by atoms with van der Waals surface area (Å²) in [5, 5.41) is 2.68. The SMILES string of the molecule is CCCCOC(=O)N=C(NC(C)=O)SC. The van der Waals surface area contributed by atoms with E-state index in [2.05, 4.69) is 10.3 Å². The van der Waals surface area contributed by atoms with Gasteiger partial charge in [-0.1, -0.05) is 25.1 Å². The summed E-state index contributed by atoms with van der Waals surface area (Å²) in [6.45, 7) is 3.72. The molecule has 0 radical (unpaired) electrons. The van der Waals surface area contributed by atoms with Crippen LogP contribution in [0.25, 0.3) is 0 Å². The molecule has 0 heterocycles. The molecule has 0 unspecified atom stereocenters. The lowest BCUT2D eigenvalue weighted by atomic mass is 10.4. The van der Waals surface area contributed by atoms with Gasteiger partial charge in [0.15, 0.2) is 5.17 Å². The Morgan fingerprint density at radius 3 is 2.60 bits per heavy atom. The first kappa shape index (κ1) is 14.0. The lowest BCUT2D eigenvalue weighted by Crippen LogP contribution is -2.26. The van der Waals surface area contributed by atoms with Crippen molar-refractivity contribution in [3.63, 3.8) is 0 Å². The highest BCUT2D eigenvalue weighted by atomic mass is 32.2. The molecule has 0 saturated heterocycles. The van der Waals surface area contributed by atoms with Gasteiger partial charge in [-0.25, -0.2) is 4.79 Å². The molecule has 0 aromatic carbocycles. The molecular formula is C9H16N2O3S. The molecule has 0 aliphatic carbocycles. The molecule has 0 rings (SSSR count). The Morgan fingerprint density at radius 1 is 1.47 bits per heavy atom. The largest absolute Gasteiger partial charge is 0.448 e. The van der Waals surface area contributed by atoms with Crippen LogP contribution in [0.1, 0.15) is 26.7 Å². The maximum absolute atomic E-state index is 11.1. The summed E-state index contributed by atoms with van der Waals surface area (Å²) in [5.74, 6) is -0.260. The van der Waals surface area contributed by atoms with E-state index in [1.807, 2.05) is 6.92 Å². The van der Waals surface area contributed by atoms with Gasteiger partial charge in [-0.05, 0) is 12.7 Å².